The SMILES string of the molecule is CCCCCC(O)(O)CCCCCCCCC/C=C/C(=O)O. The highest BCUT2D eigenvalue weighted by molar-refractivity contribution is 5.79. The van der Waals surface area contributed by atoms with E-state index in [2.05, 4.69) is 6.92 Å². The van der Waals surface area contributed by atoms with Gasteiger partial charge in [-0.3, -0.25) is 0 Å². The maximum absolute atomic E-state index is 10.3. The Labute approximate surface area is 135 Å². The average molecular weight is 314 g/mol. The quantitative estimate of drug-likeness (QED) is 0.238. The Balaban J connectivity index is 3.34. The lowest BCUT2D eigenvalue weighted by atomic mass is 10.00. The van der Waals surface area contributed by atoms with Gasteiger partial charge in [-0.2, -0.15) is 0 Å². The molecule has 0 unspecified atom stereocenters. The van der Waals surface area contributed by atoms with Gasteiger partial charge in [0.15, 0.2) is 5.79 Å². The lowest BCUT2D eigenvalue weighted by Crippen LogP contribution is -2.27. The Bertz CT molecular complexity index is 297. The van der Waals surface area contributed by atoms with Crippen molar-refractivity contribution in [2.75, 3.05) is 0 Å². The van der Waals surface area contributed by atoms with Crippen LogP contribution < -0.4 is 0 Å². The second-order valence-electron chi connectivity index (χ2n) is 6.19. The van der Waals surface area contributed by atoms with Gasteiger partial charge in [0.2, 0.25) is 0 Å². The smallest absolute Gasteiger partial charge is 0.327 e. The lowest BCUT2D eigenvalue weighted by Gasteiger charge is -2.21. The second-order valence-corrected chi connectivity index (χ2v) is 6.19. The van der Waals surface area contributed by atoms with Crippen molar-refractivity contribution < 1.29 is 20.1 Å². The minimum Gasteiger partial charge on any atom is -0.478 e. The van der Waals surface area contributed by atoms with Crippen LogP contribution in [0.1, 0.15) is 90.4 Å². The summed E-state index contributed by atoms with van der Waals surface area (Å²) in [5.41, 5.74) is 0. The van der Waals surface area contributed by atoms with E-state index in [-0.39, 0.29) is 0 Å². The molecular weight excluding hydrogens is 280 g/mol. The molecule has 0 saturated carbocycles. The first-order valence-corrected chi connectivity index (χ1v) is 8.82. The zero-order valence-corrected chi connectivity index (χ0v) is 14.1. The zero-order chi connectivity index (χ0) is 16.7. The normalized spacial score (nSPS) is 12.1. The topological polar surface area (TPSA) is 77.8 Å². The molecule has 0 radical (unpaired) electrons. The summed E-state index contributed by atoms with van der Waals surface area (Å²) < 4.78 is 0. The maximum Gasteiger partial charge on any atom is 0.327 e. The van der Waals surface area contributed by atoms with E-state index < -0.39 is 11.8 Å². The van der Waals surface area contributed by atoms with Crippen LogP contribution in [-0.4, -0.2) is 27.1 Å². The van der Waals surface area contributed by atoms with E-state index in [1.165, 1.54) is 18.9 Å². The van der Waals surface area contributed by atoms with Crippen LogP contribution in [0, 0.1) is 0 Å². The van der Waals surface area contributed by atoms with Gasteiger partial charge in [-0.15, -0.1) is 0 Å². The monoisotopic (exact) mass is 314 g/mol. The predicted octanol–water partition coefficient (Wildman–Crippen LogP) is 4.40. The Kier molecular flexibility index (Phi) is 13.2. The van der Waals surface area contributed by atoms with E-state index in [1.807, 2.05) is 0 Å². The molecule has 0 atom stereocenters. The third-order valence-corrected chi connectivity index (χ3v) is 3.89. The molecular formula is C18H34O4. The molecule has 130 valence electrons. The molecule has 3 N–H and O–H groups in total. The molecule has 4 nitrogen and oxygen atoms in total. The number of allylic oxidation sites excluding steroid dienone is 1. The molecule has 0 heterocycles. The van der Waals surface area contributed by atoms with Gasteiger partial charge in [-0.05, 0) is 25.7 Å². The third-order valence-electron chi connectivity index (χ3n) is 3.89. The summed E-state index contributed by atoms with van der Waals surface area (Å²) in [7, 11) is 0. The van der Waals surface area contributed by atoms with Crippen molar-refractivity contribution in [2.45, 2.75) is 96.2 Å². The minimum absolute atomic E-state index is 0.483. The number of hydrogen-bond donors (Lipinski definition) is 3. The second kappa shape index (κ2) is 13.8. The fourth-order valence-corrected chi connectivity index (χ4v) is 2.52. The van der Waals surface area contributed by atoms with Gasteiger partial charge in [-0.25, -0.2) is 4.79 Å². The van der Waals surface area contributed by atoms with Crippen LogP contribution in [-0.2, 0) is 4.79 Å². The number of carboxylic acid groups (broad SMARTS) is 1. The highest BCUT2D eigenvalue weighted by Crippen LogP contribution is 2.20. The molecule has 0 aliphatic carbocycles. The summed E-state index contributed by atoms with van der Waals surface area (Å²) in [5, 5.41) is 28.1. The summed E-state index contributed by atoms with van der Waals surface area (Å²) in [6, 6.07) is 0. The van der Waals surface area contributed by atoms with Crippen molar-refractivity contribution in [1.82, 2.24) is 0 Å². The molecule has 0 bridgehead atoms. The third kappa shape index (κ3) is 15.5. The van der Waals surface area contributed by atoms with Crippen molar-refractivity contribution in [1.29, 1.82) is 0 Å². The number of aliphatic carboxylic acids is 1. The molecule has 22 heavy (non-hydrogen) atoms. The van der Waals surface area contributed by atoms with Crippen LogP contribution in [0.2, 0.25) is 0 Å². The van der Waals surface area contributed by atoms with E-state index in [1.54, 1.807) is 6.08 Å². The summed E-state index contributed by atoms with van der Waals surface area (Å²) >= 11 is 0. The Morgan fingerprint density at radius 1 is 0.864 bits per heavy atom. The molecule has 0 aliphatic rings. The highest BCUT2D eigenvalue weighted by Gasteiger charge is 2.20. The van der Waals surface area contributed by atoms with Crippen LogP contribution in [0.15, 0.2) is 12.2 Å². The zero-order valence-electron chi connectivity index (χ0n) is 14.1. The van der Waals surface area contributed by atoms with Crippen LogP contribution >= 0.6 is 0 Å². The van der Waals surface area contributed by atoms with Crippen LogP contribution in [0.4, 0.5) is 0 Å². The highest BCUT2D eigenvalue weighted by atomic mass is 16.5. The van der Waals surface area contributed by atoms with Crippen LogP contribution in [0.5, 0.6) is 0 Å². The molecule has 0 aromatic rings. The summed E-state index contributed by atoms with van der Waals surface area (Å²) in [4.78, 5) is 10.3. The summed E-state index contributed by atoms with van der Waals surface area (Å²) in [5.74, 6) is -2.34. The lowest BCUT2D eigenvalue weighted by molar-refractivity contribution is -0.172. The van der Waals surface area contributed by atoms with Crippen LogP contribution in [0.3, 0.4) is 0 Å². The van der Waals surface area contributed by atoms with Gasteiger partial charge in [0.05, 0.1) is 0 Å². The number of unbranched alkanes of at least 4 members (excludes halogenated alkanes) is 9. The predicted molar refractivity (Wildman–Crippen MR) is 89.6 cm³/mol. The first-order chi connectivity index (χ1) is 10.5. The van der Waals surface area contributed by atoms with Crippen molar-refractivity contribution in [3.63, 3.8) is 0 Å². The number of carbonyl (C=O) groups is 1. The maximum atomic E-state index is 10.3. The van der Waals surface area contributed by atoms with Gasteiger partial charge in [-0.1, -0.05) is 57.9 Å². The molecule has 4 heteroatoms. The van der Waals surface area contributed by atoms with Crippen molar-refractivity contribution >= 4 is 5.97 Å². The molecule has 0 saturated heterocycles. The Hall–Kier alpha value is -0.870. The average Bonchev–Trinajstić information content (AvgIpc) is 2.44. The van der Waals surface area contributed by atoms with Gasteiger partial charge < -0.3 is 15.3 Å². The van der Waals surface area contributed by atoms with Gasteiger partial charge in [0.25, 0.3) is 0 Å². The van der Waals surface area contributed by atoms with E-state index in [4.69, 9.17) is 5.11 Å². The van der Waals surface area contributed by atoms with E-state index in [0.717, 1.165) is 57.8 Å². The van der Waals surface area contributed by atoms with Crippen molar-refractivity contribution in [2.24, 2.45) is 0 Å². The van der Waals surface area contributed by atoms with Crippen LogP contribution in [0.25, 0.3) is 0 Å². The fourth-order valence-electron chi connectivity index (χ4n) is 2.52. The molecule has 0 aliphatic heterocycles. The van der Waals surface area contributed by atoms with Gasteiger partial charge >= 0.3 is 5.97 Å². The molecule has 0 fully saturated rings. The number of carboxylic acids is 1. The largest absolute Gasteiger partial charge is 0.478 e. The number of rotatable bonds is 15. The molecule has 0 spiro atoms. The Morgan fingerprint density at radius 2 is 1.36 bits per heavy atom. The first-order valence-electron chi connectivity index (χ1n) is 8.82. The van der Waals surface area contributed by atoms with E-state index in [9.17, 15) is 15.0 Å². The minimum atomic E-state index is -1.47. The van der Waals surface area contributed by atoms with E-state index in [0.29, 0.717) is 12.8 Å². The summed E-state index contributed by atoms with van der Waals surface area (Å²) in [6.45, 7) is 2.11. The standard InChI is InChI=1S/C18H34O4/c1-2-3-12-15-18(21,22)16-13-10-8-6-4-5-7-9-11-14-17(19)20/h11,14,21-22H,2-10,12-13,15-16H2,1H3,(H,19,20)/b14-11+. The fraction of sp³-hybridized carbons (Fsp3) is 0.833. The molecule has 0 aromatic carbocycles. The molecule has 0 aromatic heterocycles. The first kappa shape index (κ1) is 21.1. The Morgan fingerprint density at radius 3 is 1.91 bits per heavy atom. The number of aliphatic hydroxyl groups is 2. The van der Waals surface area contributed by atoms with Gasteiger partial charge in [0.1, 0.15) is 0 Å². The molecule has 0 rings (SSSR count). The number of hydrogen-bond acceptors (Lipinski definition) is 3. The van der Waals surface area contributed by atoms with E-state index >= 15 is 0 Å². The van der Waals surface area contributed by atoms with Gasteiger partial charge in [0, 0.05) is 18.9 Å². The van der Waals surface area contributed by atoms with Crippen molar-refractivity contribution in [3.05, 3.63) is 12.2 Å². The van der Waals surface area contributed by atoms with Crippen molar-refractivity contribution in [3.8, 4) is 0 Å². The molecule has 0 amide bonds. The summed E-state index contributed by atoms with van der Waals surface area (Å²) in [6.07, 6.45) is 15.3.